The lowest BCUT2D eigenvalue weighted by Crippen LogP contribution is -2.28. The SMILES string of the molecule is CCOC(=O)COc1ccc(NCC(=O)OC(C)(C)C)c2ccccc12. The van der Waals surface area contributed by atoms with Gasteiger partial charge in [-0.3, -0.25) is 4.79 Å². The number of benzene rings is 2. The summed E-state index contributed by atoms with van der Waals surface area (Å²) in [5.41, 5.74) is 0.265. The zero-order valence-electron chi connectivity index (χ0n) is 15.6. The molecule has 6 heteroatoms. The number of esters is 2. The Morgan fingerprint density at radius 3 is 2.35 bits per heavy atom. The third-order valence-electron chi connectivity index (χ3n) is 3.38. The first-order valence-corrected chi connectivity index (χ1v) is 8.56. The Labute approximate surface area is 153 Å². The Hall–Kier alpha value is -2.76. The van der Waals surface area contributed by atoms with Gasteiger partial charge in [-0.15, -0.1) is 0 Å². The molecule has 0 saturated carbocycles. The van der Waals surface area contributed by atoms with Crippen LogP contribution in [0.5, 0.6) is 5.75 Å². The Balaban J connectivity index is 2.13. The molecule has 0 aliphatic carbocycles. The van der Waals surface area contributed by atoms with E-state index in [0.29, 0.717) is 12.4 Å². The summed E-state index contributed by atoms with van der Waals surface area (Å²) in [4.78, 5) is 23.4. The smallest absolute Gasteiger partial charge is 0.344 e. The van der Waals surface area contributed by atoms with Gasteiger partial charge in [-0.1, -0.05) is 24.3 Å². The summed E-state index contributed by atoms with van der Waals surface area (Å²) in [6.45, 7) is 7.46. The van der Waals surface area contributed by atoms with Gasteiger partial charge in [0.1, 0.15) is 17.9 Å². The van der Waals surface area contributed by atoms with E-state index >= 15 is 0 Å². The van der Waals surface area contributed by atoms with Crippen molar-refractivity contribution in [2.75, 3.05) is 25.1 Å². The summed E-state index contributed by atoms with van der Waals surface area (Å²) in [7, 11) is 0. The van der Waals surface area contributed by atoms with Gasteiger partial charge in [0.2, 0.25) is 0 Å². The number of carbonyl (C=O) groups is 2. The highest BCUT2D eigenvalue weighted by atomic mass is 16.6. The molecule has 26 heavy (non-hydrogen) atoms. The fraction of sp³-hybridized carbons (Fsp3) is 0.400. The molecule has 2 aromatic rings. The quantitative estimate of drug-likeness (QED) is 0.762. The van der Waals surface area contributed by atoms with Gasteiger partial charge in [-0.05, 0) is 39.8 Å². The molecule has 0 fully saturated rings. The van der Waals surface area contributed by atoms with Crippen molar-refractivity contribution in [3.8, 4) is 5.75 Å². The fourth-order valence-corrected chi connectivity index (χ4v) is 2.44. The Bertz CT molecular complexity index is 779. The number of fused-ring (bicyclic) bond motifs is 1. The van der Waals surface area contributed by atoms with Gasteiger partial charge in [-0.2, -0.15) is 0 Å². The lowest BCUT2D eigenvalue weighted by molar-refractivity contribution is -0.152. The van der Waals surface area contributed by atoms with E-state index in [-0.39, 0.29) is 19.1 Å². The average Bonchev–Trinajstić information content (AvgIpc) is 2.57. The summed E-state index contributed by atoms with van der Waals surface area (Å²) in [5.74, 6) is -0.163. The molecule has 6 nitrogen and oxygen atoms in total. The molecule has 0 aliphatic heterocycles. The summed E-state index contributed by atoms with van der Waals surface area (Å²) < 4.78 is 15.8. The summed E-state index contributed by atoms with van der Waals surface area (Å²) >= 11 is 0. The van der Waals surface area contributed by atoms with Crippen molar-refractivity contribution in [2.24, 2.45) is 0 Å². The van der Waals surface area contributed by atoms with Crippen molar-refractivity contribution < 1.29 is 23.8 Å². The molecule has 0 heterocycles. The van der Waals surface area contributed by atoms with Crippen molar-refractivity contribution in [3.05, 3.63) is 36.4 Å². The second-order valence-corrected chi connectivity index (χ2v) is 6.69. The van der Waals surface area contributed by atoms with Crippen molar-refractivity contribution in [1.29, 1.82) is 0 Å². The minimum atomic E-state index is -0.522. The molecule has 0 aliphatic rings. The van der Waals surface area contributed by atoms with Gasteiger partial charge in [-0.25, -0.2) is 4.79 Å². The number of carbonyl (C=O) groups excluding carboxylic acids is 2. The van der Waals surface area contributed by atoms with Crippen LogP contribution in [0.2, 0.25) is 0 Å². The third kappa shape index (κ3) is 5.65. The fourth-order valence-electron chi connectivity index (χ4n) is 2.44. The molecule has 0 unspecified atom stereocenters. The Kier molecular flexibility index (Phi) is 6.44. The lowest BCUT2D eigenvalue weighted by atomic mass is 10.1. The first-order valence-electron chi connectivity index (χ1n) is 8.56. The molecular formula is C20H25NO5. The maximum absolute atomic E-state index is 11.9. The first-order chi connectivity index (χ1) is 12.3. The number of ether oxygens (including phenoxy) is 3. The first kappa shape index (κ1) is 19.6. The topological polar surface area (TPSA) is 73.9 Å². The molecule has 0 atom stereocenters. The van der Waals surface area contributed by atoms with Crippen LogP contribution >= 0.6 is 0 Å². The minimum Gasteiger partial charge on any atom is -0.481 e. The van der Waals surface area contributed by atoms with Crippen LogP contribution in [0.1, 0.15) is 27.7 Å². The van der Waals surface area contributed by atoms with Gasteiger partial charge < -0.3 is 19.5 Å². The van der Waals surface area contributed by atoms with E-state index < -0.39 is 11.6 Å². The number of nitrogens with one attached hydrogen (secondary N) is 1. The molecule has 140 valence electrons. The predicted octanol–water partition coefficient (Wildman–Crippen LogP) is 3.54. The van der Waals surface area contributed by atoms with Crippen molar-refractivity contribution in [2.45, 2.75) is 33.3 Å². The largest absolute Gasteiger partial charge is 0.481 e. The van der Waals surface area contributed by atoms with E-state index in [0.717, 1.165) is 16.5 Å². The molecule has 0 saturated heterocycles. The second kappa shape index (κ2) is 8.56. The lowest BCUT2D eigenvalue weighted by Gasteiger charge is -2.20. The monoisotopic (exact) mass is 359 g/mol. The van der Waals surface area contributed by atoms with Crippen molar-refractivity contribution in [3.63, 3.8) is 0 Å². The molecule has 0 aromatic heterocycles. The van der Waals surface area contributed by atoms with E-state index in [2.05, 4.69) is 5.32 Å². The normalized spacial score (nSPS) is 11.1. The maximum atomic E-state index is 11.9. The number of rotatable bonds is 7. The number of hydrogen-bond acceptors (Lipinski definition) is 6. The molecular weight excluding hydrogens is 334 g/mol. The number of anilines is 1. The van der Waals surface area contributed by atoms with Gasteiger partial charge in [0, 0.05) is 16.5 Å². The molecule has 0 spiro atoms. The van der Waals surface area contributed by atoms with E-state index in [1.165, 1.54) is 0 Å². The molecule has 0 radical (unpaired) electrons. The highest BCUT2D eigenvalue weighted by Gasteiger charge is 2.16. The van der Waals surface area contributed by atoms with Crippen LogP contribution in [0.3, 0.4) is 0 Å². The van der Waals surface area contributed by atoms with Gasteiger partial charge in [0.15, 0.2) is 6.61 Å². The van der Waals surface area contributed by atoms with Crippen molar-refractivity contribution in [1.82, 2.24) is 0 Å². The standard InChI is InChI=1S/C20H25NO5/c1-5-24-19(23)13-25-17-11-10-16(14-8-6-7-9-15(14)17)21-12-18(22)26-20(2,3)4/h6-11,21H,5,12-13H2,1-4H3. The summed E-state index contributed by atoms with van der Waals surface area (Å²) in [5, 5.41) is 4.83. The van der Waals surface area contributed by atoms with Crippen LogP contribution in [-0.2, 0) is 19.1 Å². The van der Waals surface area contributed by atoms with Crippen LogP contribution in [0.4, 0.5) is 5.69 Å². The van der Waals surface area contributed by atoms with Crippen LogP contribution in [0.25, 0.3) is 10.8 Å². The Morgan fingerprint density at radius 2 is 1.69 bits per heavy atom. The highest BCUT2D eigenvalue weighted by molar-refractivity contribution is 5.98. The minimum absolute atomic E-state index is 0.0598. The molecule has 1 N–H and O–H groups in total. The van der Waals surface area contributed by atoms with Crippen LogP contribution in [0, 0.1) is 0 Å². The zero-order valence-corrected chi connectivity index (χ0v) is 15.6. The maximum Gasteiger partial charge on any atom is 0.344 e. The van der Waals surface area contributed by atoms with E-state index in [1.807, 2.05) is 51.1 Å². The Morgan fingerprint density at radius 1 is 1.00 bits per heavy atom. The number of hydrogen-bond donors (Lipinski definition) is 1. The average molecular weight is 359 g/mol. The van der Waals surface area contributed by atoms with Gasteiger partial charge >= 0.3 is 11.9 Å². The summed E-state index contributed by atoms with van der Waals surface area (Å²) in [6, 6.07) is 11.2. The van der Waals surface area contributed by atoms with E-state index in [4.69, 9.17) is 14.2 Å². The van der Waals surface area contributed by atoms with Gasteiger partial charge in [0.25, 0.3) is 0 Å². The zero-order chi connectivity index (χ0) is 19.2. The van der Waals surface area contributed by atoms with Crippen molar-refractivity contribution >= 4 is 28.4 Å². The molecule has 0 bridgehead atoms. The molecule has 2 rings (SSSR count). The highest BCUT2D eigenvalue weighted by Crippen LogP contribution is 2.31. The van der Waals surface area contributed by atoms with Crippen LogP contribution in [-0.4, -0.2) is 37.3 Å². The summed E-state index contributed by atoms with van der Waals surface area (Å²) in [6.07, 6.45) is 0. The molecule has 0 amide bonds. The third-order valence-corrected chi connectivity index (χ3v) is 3.38. The predicted molar refractivity (Wildman–Crippen MR) is 100 cm³/mol. The van der Waals surface area contributed by atoms with Gasteiger partial charge in [0.05, 0.1) is 6.61 Å². The van der Waals surface area contributed by atoms with Crippen LogP contribution < -0.4 is 10.1 Å². The van der Waals surface area contributed by atoms with E-state index in [9.17, 15) is 9.59 Å². The van der Waals surface area contributed by atoms with Crippen LogP contribution in [0.15, 0.2) is 36.4 Å². The second-order valence-electron chi connectivity index (χ2n) is 6.69. The molecule has 2 aromatic carbocycles. The van der Waals surface area contributed by atoms with E-state index in [1.54, 1.807) is 13.0 Å².